The van der Waals surface area contributed by atoms with Crippen LogP contribution in [0.1, 0.15) is 27.0 Å². The molecule has 218 valence electrons. The minimum atomic E-state index is -3.69. The van der Waals surface area contributed by atoms with E-state index in [0.717, 1.165) is 23.6 Å². The first kappa shape index (κ1) is 30.8. The number of aldehydes is 1. The molecule has 0 bridgehead atoms. The van der Waals surface area contributed by atoms with Crippen molar-refractivity contribution in [2.75, 3.05) is 33.4 Å². The largest absolute Gasteiger partial charge is 0.488 e. The number of nitrogens with zero attached hydrogens (tertiary/aromatic N) is 2. The summed E-state index contributed by atoms with van der Waals surface area (Å²) in [6.07, 6.45) is 0.525. The molecule has 2 aliphatic heterocycles. The fourth-order valence-corrected chi connectivity index (χ4v) is 5.16. The summed E-state index contributed by atoms with van der Waals surface area (Å²) in [7, 11) is 5.28. The van der Waals surface area contributed by atoms with Gasteiger partial charge in [0.15, 0.2) is 12.3 Å². The zero-order chi connectivity index (χ0) is 30.2. The molecule has 15 heteroatoms. The summed E-state index contributed by atoms with van der Waals surface area (Å²) in [6, 6.07) is 7.41. The second-order valence-corrected chi connectivity index (χ2v) is 10.7. The van der Waals surface area contributed by atoms with E-state index in [1.165, 1.54) is 31.3 Å². The predicted molar refractivity (Wildman–Crippen MR) is 146 cm³/mol. The third kappa shape index (κ3) is 5.79. The van der Waals surface area contributed by atoms with E-state index in [1.54, 1.807) is 11.4 Å². The molecule has 0 aromatic heterocycles. The number of ether oxygens (including phenoxy) is 2. The van der Waals surface area contributed by atoms with E-state index in [-0.39, 0.29) is 35.6 Å². The van der Waals surface area contributed by atoms with Crippen LogP contribution in [0.2, 0.25) is 0 Å². The third-order valence-electron chi connectivity index (χ3n) is 7.78. The molecule has 41 heavy (non-hydrogen) atoms. The Morgan fingerprint density at radius 3 is 2.51 bits per heavy atom. The number of benzene rings is 2. The van der Waals surface area contributed by atoms with Gasteiger partial charge in [-0.05, 0) is 30.1 Å². The Morgan fingerprint density at radius 1 is 1.20 bits per heavy atom. The van der Waals surface area contributed by atoms with Crippen molar-refractivity contribution in [1.29, 1.82) is 0 Å². The molecule has 2 aromatic carbocycles. The molecule has 1 atom stereocenters. The minimum Gasteiger partial charge on any atom is -0.488 e. The molecule has 2 heterocycles. The van der Waals surface area contributed by atoms with Crippen LogP contribution in [0.25, 0.3) is 0 Å². The van der Waals surface area contributed by atoms with Crippen molar-refractivity contribution in [3.05, 3.63) is 64.5 Å². The summed E-state index contributed by atoms with van der Waals surface area (Å²) < 4.78 is 26.5. The highest BCUT2D eigenvalue weighted by Crippen LogP contribution is 2.32. The third-order valence-corrected chi connectivity index (χ3v) is 7.78. The van der Waals surface area contributed by atoms with Crippen molar-refractivity contribution in [3.8, 4) is 5.75 Å². The highest BCUT2D eigenvalue weighted by Gasteiger charge is 2.65. The van der Waals surface area contributed by atoms with Gasteiger partial charge in [-0.2, -0.15) is 0 Å². The molecular weight excluding hydrogens is 539 g/mol. The van der Waals surface area contributed by atoms with E-state index in [1.807, 2.05) is 21.8 Å². The van der Waals surface area contributed by atoms with Crippen LogP contribution in [0, 0.1) is 5.82 Å². The summed E-state index contributed by atoms with van der Waals surface area (Å²) in [6.45, 7) is 2.14. The molecule has 4 rings (SSSR count). The van der Waals surface area contributed by atoms with E-state index in [9.17, 15) is 34.8 Å². The average Bonchev–Trinajstić information content (AvgIpc) is 2.92. The van der Waals surface area contributed by atoms with Gasteiger partial charge in [0.05, 0.1) is 13.2 Å². The van der Waals surface area contributed by atoms with Crippen LogP contribution >= 0.6 is 0 Å². The molecule has 0 spiro atoms. The number of piperidine rings is 1. The zero-order valence-electron chi connectivity index (χ0n) is 23.0. The standard InChI is InChI=1S/C26H32B2FN3O9/c1-31(21-22(34)30-23(35)25(38,39)24(21,36)37)12-18-15(13-33)3-2-4-20(18)41-14-16-5-6-17(11-19(16)29)26(27,28)32-7-9-40-10-8-32/h2-6,11,13,21,36-39H,7-10,12,14,27-28H2,1H3,(H,30,34,35). The second-order valence-electron chi connectivity index (χ2n) is 10.7. The fraction of sp³-hybridized carbons (Fsp3) is 0.423. The van der Waals surface area contributed by atoms with Crippen LogP contribution in [0.3, 0.4) is 0 Å². The van der Waals surface area contributed by atoms with Crippen LogP contribution in [-0.4, -0.2) is 115 Å². The minimum absolute atomic E-state index is 0.130. The maximum atomic E-state index is 15.2. The molecule has 5 N–H and O–H groups in total. The molecule has 2 aliphatic rings. The number of imide groups is 1. The van der Waals surface area contributed by atoms with Gasteiger partial charge < -0.3 is 34.8 Å². The molecule has 1 unspecified atom stereocenters. The Labute approximate surface area is 237 Å². The van der Waals surface area contributed by atoms with Gasteiger partial charge in [0, 0.05) is 36.3 Å². The van der Waals surface area contributed by atoms with E-state index >= 15 is 4.39 Å². The van der Waals surface area contributed by atoms with E-state index in [4.69, 9.17) is 9.47 Å². The molecule has 0 saturated carbocycles. The van der Waals surface area contributed by atoms with Crippen molar-refractivity contribution < 1.29 is 48.7 Å². The number of carbonyl (C=O) groups is 3. The average molecular weight is 571 g/mol. The van der Waals surface area contributed by atoms with Crippen molar-refractivity contribution in [2.45, 2.75) is 36.1 Å². The number of halogens is 1. The Kier molecular flexibility index (Phi) is 8.71. The number of nitrogens with one attached hydrogen (secondary N) is 1. The molecule has 12 nitrogen and oxygen atoms in total. The smallest absolute Gasteiger partial charge is 0.303 e. The number of likely N-dealkylation sites (N-methyl/N-ethyl adjacent to an activating group) is 1. The summed E-state index contributed by atoms with van der Waals surface area (Å²) in [4.78, 5) is 39.3. The SMILES string of the molecule is BC(B)(c1ccc(COc2cccc(C=O)c2CN(C)C2C(=O)NC(=O)C(O)(O)C2(O)O)c(F)c1)N1CCOCC1. The van der Waals surface area contributed by atoms with E-state index in [0.29, 0.717) is 19.5 Å². The predicted octanol–water partition coefficient (Wildman–Crippen LogP) is -3.26. The van der Waals surface area contributed by atoms with Gasteiger partial charge in [0.2, 0.25) is 5.91 Å². The van der Waals surface area contributed by atoms with Gasteiger partial charge in [0.1, 0.15) is 33.9 Å². The van der Waals surface area contributed by atoms with E-state index in [2.05, 4.69) is 4.90 Å². The number of hydrogen-bond donors (Lipinski definition) is 5. The van der Waals surface area contributed by atoms with E-state index < -0.39 is 40.6 Å². The number of hydrogen-bond acceptors (Lipinski definition) is 11. The summed E-state index contributed by atoms with van der Waals surface area (Å²) in [5.74, 6) is -10.5. The van der Waals surface area contributed by atoms with Gasteiger partial charge >= 0.3 is 5.79 Å². The molecule has 2 saturated heterocycles. The van der Waals surface area contributed by atoms with Crippen LogP contribution in [0.15, 0.2) is 36.4 Å². The second kappa shape index (κ2) is 11.6. The lowest BCUT2D eigenvalue weighted by Gasteiger charge is -2.45. The van der Waals surface area contributed by atoms with Crippen molar-refractivity contribution in [1.82, 2.24) is 15.1 Å². The summed E-state index contributed by atoms with van der Waals surface area (Å²) >= 11 is 0. The molecule has 2 fully saturated rings. The number of morpholine rings is 1. The topological polar surface area (TPSA) is 169 Å². The Balaban J connectivity index is 1.55. The lowest BCUT2D eigenvalue weighted by molar-refractivity contribution is -0.356. The lowest BCUT2D eigenvalue weighted by atomic mass is 9.56. The van der Waals surface area contributed by atoms with Gasteiger partial charge in [-0.3, -0.25) is 24.6 Å². The molecule has 2 amide bonds. The molecule has 0 aliphatic carbocycles. The lowest BCUT2D eigenvalue weighted by Crippen LogP contribution is -2.78. The van der Waals surface area contributed by atoms with Gasteiger partial charge in [-0.25, -0.2) is 4.39 Å². The number of aliphatic hydroxyl groups is 4. The first-order valence-electron chi connectivity index (χ1n) is 13.0. The molecule has 0 radical (unpaired) electrons. The van der Waals surface area contributed by atoms with Crippen LogP contribution in [0.4, 0.5) is 4.39 Å². The van der Waals surface area contributed by atoms with Crippen LogP contribution in [-0.2, 0) is 32.8 Å². The zero-order valence-corrected chi connectivity index (χ0v) is 23.0. The van der Waals surface area contributed by atoms with Gasteiger partial charge in [-0.1, -0.05) is 24.3 Å². The molecular formula is C26H32B2FN3O9. The van der Waals surface area contributed by atoms with Gasteiger partial charge in [-0.15, -0.1) is 0 Å². The first-order chi connectivity index (χ1) is 19.2. The maximum Gasteiger partial charge on any atom is 0.303 e. The Morgan fingerprint density at radius 2 is 1.88 bits per heavy atom. The van der Waals surface area contributed by atoms with Crippen LogP contribution in [0.5, 0.6) is 5.75 Å². The Hall–Kier alpha value is -3.17. The first-order valence-corrected chi connectivity index (χ1v) is 13.0. The van der Waals surface area contributed by atoms with Crippen LogP contribution < -0.4 is 10.1 Å². The highest BCUT2D eigenvalue weighted by atomic mass is 19.1. The monoisotopic (exact) mass is 571 g/mol. The fourth-order valence-electron chi connectivity index (χ4n) is 5.16. The van der Waals surface area contributed by atoms with Crippen molar-refractivity contribution >= 4 is 33.8 Å². The summed E-state index contributed by atoms with van der Waals surface area (Å²) in [5.41, 5.74) is 1.38. The van der Waals surface area contributed by atoms with Gasteiger partial charge in [0.25, 0.3) is 11.7 Å². The number of amides is 2. The normalized spacial score (nSPS) is 21.0. The quantitative estimate of drug-likeness (QED) is 0.0888. The molecule has 2 aromatic rings. The summed E-state index contributed by atoms with van der Waals surface area (Å²) in [5, 5.41) is 41.9. The number of carbonyl (C=O) groups excluding carboxylic acids is 3. The van der Waals surface area contributed by atoms with Crippen molar-refractivity contribution in [3.63, 3.8) is 0 Å². The Bertz CT molecular complexity index is 1340. The number of rotatable bonds is 9. The van der Waals surface area contributed by atoms with Crippen molar-refractivity contribution in [2.24, 2.45) is 0 Å². The maximum absolute atomic E-state index is 15.2. The highest BCUT2D eigenvalue weighted by molar-refractivity contribution is 6.39.